The number of rotatable bonds is 6. The predicted molar refractivity (Wildman–Crippen MR) is 79.5 cm³/mol. The molecule has 4 heteroatoms. The SMILES string of the molecule is O=C(/C=C/c1ccccc1)NCCC[NH+]1CCOCC1. The van der Waals surface area contributed by atoms with Crippen LogP contribution in [-0.2, 0) is 9.53 Å². The first-order valence-corrected chi connectivity index (χ1v) is 7.27. The molecule has 0 unspecified atom stereocenters. The average molecular weight is 275 g/mol. The highest BCUT2D eigenvalue weighted by Gasteiger charge is 2.12. The lowest BCUT2D eigenvalue weighted by Crippen LogP contribution is -3.14. The maximum absolute atomic E-state index is 11.6. The molecule has 2 N–H and O–H groups in total. The van der Waals surface area contributed by atoms with E-state index >= 15 is 0 Å². The Labute approximate surface area is 120 Å². The van der Waals surface area contributed by atoms with Crippen molar-refractivity contribution in [2.75, 3.05) is 39.4 Å². The summed E-state index contributed by atoms with van der Waals surface area (Å²) in [5.41, 5.74) is 1.04. The van der Waals surface area contributed by atoms with Gasteiger partial charge in [0, 0.05) is 19.0 Å². The van der Waals surface area contributed by atoms with Gasteiger partial charge in [-0.05, 0) is 11.6 Å². The van der Waals surface area contributed by atoms with E-state index < -0.39 is 0 Å². The molecule has 0 saturated carbocycles. The number of nitrogens with one attached hydrogen (secondary N) is 2. The van der Waals surface area contributed by atoms with E-state index in [1.807, 2.05) is 36.4 Å². The Bertz CT molecular complexity index is 425. The van der Waals surface area contributed by atoms with Gasteiger partial charge in [-0.1, -0.05) is 30.3 Å². The Kier molecular flexibility index (Phi) is 6.27. The Balaban J connectivity index is 1.59. The number of amides is 1. The van der Waals surface area contributed by atoms with E-state index in [2.05, 4.69) is 5.32 Å². The molecule has 1 heterocycles. The van der Waals surface area contributed by atoms with Crippen molar-refractivity contribution in [1.82, 2.24) is 5.32 Å². The third-order valence-electron chi connectivity index (χ3n) is 3.43. The minimum Gasteiger partial charge on any atom is -0.370 e. The average Bonchev–Trinajstić information content (AvgIpc) is 2.52. The fraction of sp³-hybridized carbons (Fsp3) is 0.438. The minimum atomic E-state index is -0.0224. The van der Waals surface area contributed by atoms with E-state index in [4.69, 9.17) is 4.74 Å². The molecule has 1 amide bonds. The molecule has 1 aliphatic heterocycles. The van der Waals surface area contributed by atoms with Gasteiger partial charge in [0.25, 0.3) is 0 Å². The Hall–Kier alpha value is -1.65. The second-order valence-corrected chi connectivity index (χ2v) is 5.00. The molecular formula is C16H23N2O2+. The van der Waals surface area contributed by atoms with Gasteiger partial charge in [0.2, 0.25) is 5.91 Å². The molecule has 1 saturated heterocycles. The maximum Gasteiger partial charge on any atom is 0.244 e. The van der Waals surface area contributed by atoms with Crippen LogP contribution >= 0.6 is 0 Å². The number of carbonyl (C=O) groups excluding carboxylic acids is 1. The van der Waals surface area contributed by atoms with Crippen molar-refractivity contribution in [2.24, 2.45) is 0 Å². The number of benzene rings is 1. The molecule has 0 bridgehead atoms. The zero-order chi connectivity index (χ0) is 14.0. The lowest BCUT2D eigenvalue weighted by molar-refractivity contribution is -0.908. The van der Waals surface area contributed by atoms with Crippen LogP contribution in [0.2, 0.25) is 0 Å². The Morgan fingerprint density at radius 3 is 2.75 bits per heavy atom. The quantitative estimate of drug-likeness (QED) is 0.572. The molecule has 1 fully saturated rings. The van der Waals surface area contributed by atoms with Crippen molar-refractivity contribution in [3.63, 3.8) is 0 Å². The van der Waals surface area contributed by atoms with Gasteiger partial charge in [0.1, 0.15) is 13.1 Å². The normalized spacial score (nSPS) is 16.4. The first-order valence-electron chi connectivity index (χ1n) is 7.27. The molecule has 1 aromatic rings. The van der Waals surface area contributed by atoms with Crippen molar-refractivity contribution in [2.45, 2.75) is 6.42 Å². The summed E-state index contributed by atoms with van der Waals surface area (Å²) in [5.74, 6) is -0.0224. The third kappa shape index (κ3) is 5.55. The predicted octanol–water partition coefficient (Wildman–Crippen LogP) is 0.121. The molecule has 1 aromatic carbocycles. The number of hydrogen-bond donors (Lipinski definition) is 2. The molecule has 1 aliphatic rings. The molecule has 0 aliphatic carbocycles. The molecule has 4 nitrogen and oxygen atoms in total. The smallest absolute Gasteiger partial charge is 0.244 e. The summed E-state index contributed by atoms with van der Waals surface area (Å²) in [7, 11) is 0. The van der Waals surface area contributed by atoms with Crippen LogP contribution in [0.3, 0.4) is 0 Å². The van der Waals surface area contributed by atoms with E-state index in [9.17, 15) is 4.79 Å². The molecule has 0 radical (unpaired) electrons. The van der Waals surface area contributed by atoms with Crippen LogP contribution in [0.1, 0.15) is 12.0 Å². The molecular weight excluding hydrogens is 252 g/mol. The fourth-order valence-corrected chi connectivity index (χ4v) is 2.26. The third-order valence-corrected chi connectivity index (χ3v) is 3.43. The van der Waals surface area contributed by atoms with Gasteiger partial charge >= 0.3 is 0 Å². The van der Waals surface area contributed by atoms with Gasteiger partial charge in [-0.2, -0.15) is 0 Å². The monoisotopic (exact) mass is 275 g/mol. The van der Waals surface area contributed by atoms with Crippen LogP contribution in [0.15, 0.2) is 36.4 Å². The Morgan fingerprint density at radius 1 is 1.25 bits per heavy atom. The van der Waals surface area contributed by atoms with Crippen LogP contribution in [0.25, 0.3) is 6.08 Å². The van der Waals surface area contributed by atoms with Crippen LogP contribution < -0.4 is 10.2 Å². The summed E-state index contributed by atoms with van der Waals surface area (Å²) in [5, 5.41) is 2.92. The number of quaternary nitrogens is 1. The van der Waals surface area contributed by atoms with Gasteiger partial charge in [-0.15, -0.1) is 0 Å². The molecule has 0 atom stereocenters. The van der Waals surface area contributed by atoms with E-state index in [0.717, 1.165) is 51.4 Å². The second-order valence-electron chi connectivity index (χ2n) is 5.00. The van der Waals surface area contributed by atoms with Crippen molar-refractivity contribution >= 4 is 12.0 Å². The zero-order valence-corrected chi connectivity index (χ0v) is 11.8. The number of morpholine rings is 1. The number of hydrogen-bond acceptors (Lipinski definition) is 2. The summed E-state index contributed by atoms with van der Waals surface area (Å²) in [6.45, 7) is 5.74. The Morgan fingerprint density at radius 2 is 2.00 bits per heavy atom. The lowest BCUT2D eigenvalue weighted by atomic mass is 10.2. The van der Waals surface area contributed by atoms with Gasteiger partial charge in [-0.3, -0.25) is 4.79 Å². The summed E-state index contributed by atoms with van der Waals surface area (Å²) in [4.78, 5) is 13.2. The summed E-state index contributed by atoms with van der Waals surface area (Å²) < 4.78 is 5.32. The molecule has 2 rings (SSSR count). The summed E-state index contributed by atoms with van der Waals surface area (Å²) in [6.07, 6.45) is 4.44. The highest BCUT2D eigenvalue weighted by Crippen LogP contribution is 2.00. The standard InChI is InChI=1S/C16H22N2O2/c19-16(8-7-15-5-2-1-3-6-15)17-9-4-10-18-11-13-20-14-12-18/h1-3,5-8H,4,9-14H2,(H,17,19)/p+1/b8-7+. The molecule has 20 heavy (non-hydrogen) atoms. The van der Waals surface area contributed by atoms with Crippen molar-refractivity contribution < 1.29 is 14.4 Å². The van der Waals surface area contributed by atoms with Crippen LogP contribution in [-0.4, -0.2) is 45.3 Å². The lowest BCUT2D eigenvalue weighted by Gasteiger charge is -2.23. The molecule has 0 aromatic heterocycles. The molecule has 0 spiro atoms. The van der Waals surface area contributed by atoms with Crippen molar-refractivity contribution in [3.05, 3.63) is 42.0 Å². The fourth-order valence-electron chi connectivity index (χ4n) is 2.26. The van der Waals surface area contributed by atoms with Gasteiger partial charge < -0.3 is 15.0 Å². The zero-order valence-electron chi connectivity index (χ0n) is 11.8. The van der Waals surface area contributed by atoms with Crippen molar-refractivity contribution in [3.8, 4) is 0 Å². The number of carbonyl (C=O) groups is 1. The van der Waals surface area contributed by atoms with E-state index in [-0.39, 0.29) is 5.91 Å². The van der Waals surface area contributed by atoms with Gasteiger partial charge in [-0.25, -0.2) is 0 Å². The summed E-state index contributed by atoms with van der Waals surface area (Å²) in [6, 6.07) is 9.84. The highest BCUT2D eigenvalue weighted by atomic mass is 16.5. The largest absolute Gasteiger partial charge is 0.370 e. The first-order chi connectivity index (χ1) is 9.84. The first kappa shape index (κ1) is 14.8. The van der Waals surface area contributed by atoms with Gasteiger partial charge in [0.15, 0.2) is 0 Å². The second kappa shape index (κ2) is 8.51. The van der Waals surface area contributed by atoms with Gasteiger partial charge in [0.05, 0.1) is 19.8 Å². The highest BCUT2D eigenvalue weighted by molar-refractivity contribution is 5.91. The van der Waals surface area contributed by atoms with E-state index in [0.29, 0.717) is 0 Å². The van der Waals surface area contributed by atoms with Crippen LogP contribution in [0, 0.1) is 0 Å². The topological polar surface area (TPSA) is 42.8 Å². The minimum absolute atomic E-state index is 0.0224. The van der Waals surface area contributed by atoms with Crippen molar-refractivity contribution in [1.29, 1.82) is 0 Å². The maximum atomic E-state index is 11.6. The number of ether oxygens (including phenoxy) is 1. The molecule has 108 valence electrons. The van der Waals surface area contributed by atoms with Crippen LogP contribution in [0.4, 0.5) is 0 Å². The van der Waals surface area contributed by atoms with E-state index in [1.165, 1.54) is 0 Å². The van der Waals surface area contributed by atoms with E-state index in [1.54, 1.807) is 11.0 Å². The van der Waals surface area contributed by atoms with Crippen LogP contribution in [0.5, 0.6) is 0 Å². The summed E-state index contributed by atoms with van der Waals surface area (Å²) >= 11 is 0.